The number of amides is 4. The van der Waals surface area contributed by atoms with E-state index in [4.69, 9.17) is 0 Å². The molecular weight excluding hydrogens is 488 g/mol. The van der Waals surface area contributed by atoms with Crippen LogP contribution in [0.1, 0.15) is 28.5 Å². The van der Waals surface area contributed by atoms with Crippen LogP contribution in [0.15, 0.2) is 70.8 Å². The number of carbonyl (C=O) groups excluding carboxylic acids is 3. The van der Waals surface area contributed by atoms with Crippen molar-refractivity contribution in [3.05, 3.63) is 92.5 Å². The summed E-state index contributed by atoms with van der Waals surface area (Å²) in [5.41, 5.74) is 0.507. The van der Waals surface area contributed by atoms with Gasteiger partial charge in [0.15, 0.2) is 5.41 Å². The molecule has 37 heavy (non-hydrogen) atoms. The molecule has 0 radical (unpaired) electrons. The first-order valence-corrected chi connectivity index (χ1v) is 13.6. The van der Waals surface area contributed by atoms with Crippen molar-refractivity contribution in [2.24, 2.45) is 11.3 Å². The van der Waals surface area contributed by atoms with Crippen LogP contribution in [0.3, 0.4) is 0 Å². The lowest BCUT2D eigenvalue weighted by Gasteiger charge is -2.45. The zero-order valence-corrected chi connectivity index (χ0v) is 21.2. The molecule has 6 rings (SSSR count). The van der Waals surface area contributed by atoms with Crippen molar-refractivity contribution in [3.8, 4) is 0 Å². The van der Waals surface area contributed by atoms with E-state index in [-0.39, 0.29) is 24.4 Å². The Kier molecular flexibility index (Phi) is 6.04. The Morgan fingerprint density at radius 2 is 1.81 bits per heavy atom. The van der Waals surface area contributed by atoms with Crippen molar-refractivity contribution >= 4 is 29.2 Å². The van der Waals surface area contributed by atoms with Crippen LogP contribution in [-0.4, -0.2) is 46.9 Å². The Morgan fingerprint density at radius 1 is 0.973 bits per heavy atom. The number of imide groups is 2. The van der Waals surface area contributed by atoms with Gasteiger partial charge in [-0.25, -0.2) is 4.79 Å². The molecule has 3 aliphatic rings. The summed E-state index contributed by atoms with van der Waals surface area (Å²) in [7, 11) is 0. The van der Waals surface area contributed by atoms with E-state index in [0.29, 0.717) is 19.0 Å². The number of quaternary nitrogens is 1. The molecule has 2 fully saturated rings. The summed E-state index contributed by atoms with van der Waals surface area (Å²) in [6, 6.07) is 18.0. The van der Waals surface area contributed by atoms with Gasteiger partial charge in [0.05, 0.1) is 19.6 Å². The molecule has 3 aromatic rings. The van der Waals surface area contributed by atoms with Crippen LogP contribution in [0.5, 0.6) is 0 Å². The fourth-order valence-corrected chi connectivity index (χ4v) is 7.24. The number of rotatable bonds is 6. The summed E-state index contributed by atoms with van der Waals surface area (Å²) in [6.07, 6.45) is 1.26. The minimum atomic E-state index is -1.38. The number of barbiturate groups is 1. The van der Waals surface area contributed by atoms with Gasteiger partial charge in [0, 0.05) is 41.4 Å². The van der Waals surface area contributed by atoms with Gasteiger partial charge < -0.3 is 9.47 Å². The molecule has 2 saturated heterocycles. The van der Waals surface area contributed by atoms with Gasteiger partial charge in [0.25, 0.3) is 11.5 Å². The molecule has 4 atom stereocenters. The molecule has 2 bridgehead atoms. The molecular formula is C28H29N4O4S+. The Balaban J connectivity index is 1.33. The zero-order chi connectivity index (χ0) is 25.6. The van der Waals surface area contributed by atoms with E-state index in [1.165, 1.54) is 16.2 Å². The summed E-state index contributed by atoms with van der Waals surface area (Å²) < 4.78 is 1.88. The van der Waals surface area contributed by atoms with Gasteiger partial charge in [-0.05, 0) is 29.5 Å². The normalized spacial score (nSPS) is 27.1. The van der Waals surface area contributed by atoms with Gasteiger partial charge in [-0.2, -0.15) is 0 Å². The number of nitrogens with zero attached hydrogens (tertiary/aromatic N) is 2. The van der Waals surface area contributed by atoms with E-state index < -0.39 is 23.3 Å². The first-order valence-electron chi connectivity index (χ1n) is 12.7. The molecule has 190 valence electrons. The van der Waals surface area contributed by atoms with Crippen LogP contribution in [0, 0.1) is 11.3 Å². The summed E-state index contributed by atoms with van der Waals surface area (Å²) in [5.74, 6) is -0.457. The van der Waals surface area contributed by atoms with E-state index in [0.717, 1.165) is 40.5 Å². The van der Waals surface area contributed by atoms with Crippen LogP contribution >= 0.6 is 11.3 Å². The zero-order valence-electron chi connectivity index (χ0n) is 20.4. The number of piperidine rings is 1. The van der Waals surface area contributed by atoms with Gasteiger partial charge in [0.2, 0.25) is 5.91 Å². The second-order valence-electron chi connectivity index (χ2n) is 10.5. The van der Waals surface area contributed by atoms with Crippen LogP contribution in [-0.2, 0) is 29.1 Å². The second-order valence-corrected chi connectivity index (χ2v) is 11.5. The summed E-state index contributed by atoms with van der Waals surface area (Å²) in [4.78, 5) is 56.4. The molecule has 9 heteroatoms. The minimum absolute atomic E-state index is 0.0294. The molecule has 4 amide bonds. The van der Waals surface area contributed by atoms with E-state index in [9.17, 15) is 19.2 Å². The Hall–Kier alpha value is -3.56. The Labute approximate surface area is 218 Å². The number of carbonyl (C=O) groups is 3. The number of fused-ring (bicyclic) bond motifs is 4. The maximum Gasteiger partial charge on any atom is 0.331 e. The van der Waals surface area contributed by atoms with E-state index in [1.807, 2.05) is 64.5 Å². The molecule has 0 spiro atoms. The van der Waals surface area contributed by atoms with Crippen molar-refractivity contribution in [1.82, 2.24) is 14.8 Å². The highest BCUT2D eigenvalue weighted by molar-refractivity contribution is 7.09. The smallest absolute Gasteiger partial charge is 0.331 e. The van der Waals surface area contributed by atoms with Gasteiger partial charge in [-0.3, -0.25) is 24.6 Å². The van der Waals surface area contributed by atoms with Crippen molar-refractivity contribution in [1.29, 1.82) is 0 Å². The SMILES string of the molecule is O=C1NC(=O)[C@](Cc2cccs2)(C[NH+]2C[C@@H]3C[C@H](C2)c2cccc(=O)n2C3)C(=O)N1Cc1ccccc1. The quantitative estimate of drug-likeness (QED) is 0.484. The third kappa shape index (κ3) is 4.32. The largest absolute Gasteiger partial charge is 0.333 e. The number of hydrogen-bond donors (Lipinski definition) is 2. The highest BCUT2D eigenvalue weighted by atomic mass is 32.1. The number of urea groups is 1. The molecule has 3 aliphatic heterocycles. The lowest BCUT2D eigenvalue weighted by atomic mass is 9.77. The molecule has 2 aromatic heterocycles. The van der Waals surface area contributed by atoms with E-state index in [1.54, 1.807) is 6.07 Å². The number of likely N-dealkylation sites (tertiary alicyclic amines) is 1. The Bertz CT molecular complexity index is 1400. The maximum absolute atomic E-state index is 14.2. The molecule has 0 aliphatic carbocycles. The standard InChI is InChI=1S/C28H28N4O4S/c33-24-10-4-9-23-21-12-20(16-31(23)24)14-30(17-21)18-28(13-22-8-5-11-37-22)25(34)29-27(36)32(26(28)35)15-19-6-2-1-3-7-19/h1-11,20-21H,12-18H2,(H,29,34,36)/p+1/t20-,21+,28-/m0/s1. The lowest BCUT2D eigenvalue weighted by Crippen LogP contribution is -3.16. The van der Waals surface area contributed by atoms with Gasteiger partial charge in [-0.15, -0.1) is 11.3 Å². The molecule has 1 unspecified atom stereocenters. The molecule has 5 heterocycles. The number of aromatic nitrogens is 1. The minimum Gasteiger partial charge on any atom is -0.333 e. The van der Waals surface area contributed by atoms with Crippen LogP contribution in [0.4, 0.5) is 4.79 Å². The van der Waals surface area contributed by atoms with Crippen LogP contribution in [0.25, 0.3) is 0 Å². The number of benzene rings is 1. The topological polar surface area (TPSA) is 92.9 Å². The van der Waals surface area contributed by atoms with Crippen LogP contribution < -0.4 is 15.8 Å². The van der Waals surface area contributed by atoms with Gasteiger partial charge in [-0.1, -0.05) is 42.5 Å². The second kappa shape index (κ2) is 9.39. The highest BCUT2D eigenvalue weighted by Crippen LogP contribution is 2.34. The highest BCUT2D eigenvalue weighted by Gasteiger charge is 2.57. The predicted octanol–water partition coefficient (Wildman–Crippen LogP) is 1.42. The number of pyridine rings is 1. The monoisotopic (exact) mass is 517 g/mol. The molecule has 2 N–H and O–H groups in total. The Morgan fingerprint density at radius 3 is 2.59 bits per heavy atom. The lowest BCUT2D eigenvalue weighted by molar-refractivity contribution is -0.915. The van der Waals surface area contributed by atoms with Crippen molar-refractivity contribution in [3.63, 3.8) is 0 Å². The fourth-order valence-electron chi connectivity index (χ4n) is 6.42. The molecule has 8 nitrogen and oxygen atoms in total. The van der Waals surface area contributed by atoms with E-state index >= 15 is 0 Å². The predicted molar refractivity (Wildman–Crippen MR) is 138 cm³/mol. The fraction of sp³-hybridized carbons (Fsp3) is 0.357. The van der Waals surface area contributed by atoms with E-state index in [2.05, 4.69) is 5.32 Å². The third-order valence-corrected chi connectivity index (χ3v) is 8.90. The average Bonchev–Trinajstić information content (AvgIpc) is 3.40. The van der Waals surface area contributed by atoms with Crippen molar-refractivity contribution < 1.29 is 19.3 Å². The van der Waals surface area contributed by atoms with Crippen molar-refractivity contribution in [2.45, 2.75) is 31.8 Å². The van der Waals surface area contributed by atoms with Crippen molar-refractivity contribution in [2.75, 3.05) is 19.6 Å². The average molecular weight is 518 g/mol. The summed E-state index contributed by atoms with van der Waals surface area (Å²) >= 11 is 1.51. The summed E-state index contributed by atoms with van der Waals surface area (Å²) in [5, 5.41) is 4.46. The summed E-state index contributed by atoms with van der Waals surface area (Å²) in [6.45, 7) is 2.59. The molecule has 0 saturated carbocycles. The van der Waals surface area contributed by atoms with Gasteiger partial charge in [0.1, 0.15) is 6.54 Å². The number of nitrogens with one attached hydrogen (secondary N) is 2. The number of hydrogen-bond acceptors (Lipinski definition) is 5. The first kappa shape index (κ1) is 23.8. The first-order chi connectivity index (χ1) is 17.9. The molecule has 1 aromatic carbocycles. The van der Waals surface area contributed by atoms with Crippen LogP contribution in [0.2, 0.25) is 0 Å². The third-order valence-electron chi connectivity index (χ3n) is 8.02. The maximum atomic E-state index is 14.2. The van der Waals surface area contributed by atoms with Gasteiger partial charge >= 0.3 is 6.03 Å². The number of thiophene rings is 1.